The van der Waals surface area contributed by atoms with Gasteiger partial charge in [-0.3, -0.25) is 9.35 Å². The minimum absolute atomic E-state index is 0.0359. The van der Waals surface area contributed by atoms with E-state index >= 15 is 0 Å². The predicted molar refractivity (Wildman–Crippen MR) is 67.5 cm³/mol. The topological polar surface area (TPSA) is 129 Å². The van der Waals surface area contributed by atoms with Gasteiger partial charge < -0.3 is 10.2 Å². The average molecular weight is 298 g/mol. The second-order valence-corrected chi connectivity index (χ2v) is 5.93. The molecule has 106 valence electrons. The lowest BCUT2D eigenvalue weighted by molar-refractivity contribution is -0.140. The lowest BCUT2D eigenvalue weighted by Crippen LogP contribution is -2.45. The van der Waals surface area contributed by atoms with Crippen molar-refractivity contribution in [3.63, 3.8) is 0 Å². The largest absolute Gasteiger partial charge is 0.480 e. The molecule has 20 heavy (non-hydrogen) atoms. The van der Waals surface area contributed by atoms with Gasteiger partial charge in [0.25, 0.3) is 10.1 Å². The maximum Gasteiger partial charge on any atom is 0.335 e. The monoisotopic (exact) mass is 298 g/mol. The molecule has 8 heteroatoms. The summed E-state index contributed by atoms with van der Waals surface area (Å²) < 4.78 is 29.9. The standard InChI is InChI=1S/C12H10O7S/c13-10(14)8-5-6-12(11(15)16,20(17,18)19)9-4-2-1-3-7(8)9/h1-5H,6H2,(H,13,14)(H,15,16)(H,17,18,19). The number of carboxylic acid groups (broad SMARTS) is 2. The molecule has 0 spiro atoms. The van der Waals surface area contributed by atoms with E-state index in [4.69, 9.17) is 5.11 Å². The van der Waals surface area contributed by atoms with Crippen molar-refractivity contribution in [2.45, 2.75) is 11.2 Å². The van der Waals surface area contributed by atoms with Crippen molar-refractivity contribution < 1.29 is 32.8 Å². The van der Waals surface area contributed by atoms with E-state index in [1.807, 2.05) is 0 Å². The Kier molecular flexibility index (Phi) is 3.15. The molecule has 0 bridgehead atoms. The summed E-state index contributed by atoms with van der Waals surface area (Å²) in [6.07, 6.45) is 0.340. The van der Waals surface area contributed by atoms with Crippen LogP contribution in [0.1, 0.15) is 17.5 Å². The van der Waals surface area contributed by atoms with Crippen molar-refractivity contribution in [2.24, 2.45) is 0 Å². The van der Waals surface area contributed by atoms with Crippen LogP contribution in [-0.2, 0) is 24.5 Å². The third-order valence-electron chi connectivity index (χ3n) is 3.26. The molecule has 0 aromatic heterocycles. The molecule has 3 N–H and O–H groups in total. The van der Waals surface area contributed by atoms with E-state index in [1.165, 1.54) is 24.3 Å². The minimum atomic E-state index is -4.99. The molecule has 0 saturated heterocycles. The number of carbonyl (C=O) groups is 2. The molecule has 2 rings (SSSR count). The van der Waals surface area contributed by atoms with Gasteiger partial charge in [-0.2, -0.15) is 8.42 Å². The van der Waals surface area contributed by atoms with Crippen LogP contribution in [0.4, 0.5) is 0 Å². The van der Waals surface area contributed by atoms with E-state index in [0.29, 0.717) is 0 Å². The Hall–Kier alpha value is -2.19. The molecule has 0 heterocycles. The van der Waals surface area contributed by atoms with Crippen molar-refractivity contribution in [3.05, 3.63) is 41.5 Å². The number of aliphatic carboxylic acids is 2. The zero-order chi connectivity index (χ0) is 15.1. The highest BCUT2D eigenvalue weighted by molar-refractivity contribution is 7.87. The van der Waals surface area contributed by atoms with Crippen LogP contribution in [0.5, 0.6) is 0 Å². The lowest BCUT2D eigenvalue weighted by atomic mass is 9.82. The van der Waals surface area contributed by atoms with Crippen LogP contribution in [0.15, 0.2) is 30.3 Å². The van der Waals surface area contributed by atoms with E-state index in [9.17, 15) is 27.7 Å². The number of fused-ring (bicyclic) bond motifs is 1. The zero-order valence-electron chi connectivity index (χ0n) is 9.98. The molecule has 1 aromatic rings. The smallest absolute Gasteiger partial charge is 0.335 e. The van der Waals surface area contributed by atoms with Crippen LogP contribution in [0, 0.1) is 0 Å². The van der Waals surface area contributed by atoms with Crippen LogP contribution in [0.25, 0.3) is 5.57 Å². The molecular weight excluding hydrogens is 288 g/mol. The SMILES string of the molecule is O=C(O)C1=CCC(C(=O)O)(S(=O)(=O)O)c2ccccc21. The molecule has 0 saturated carbocycles. The fraction of sp³-hybridized carbons (Fsp3) is 0.167. The normalized spacial score (nSPS) is 21.8. The van der Waals surface area contributed by atoms with E-state index < -0.39 is 33.2 Å². The number of rotatable bonds is 3. The Morgan fingerprint density at radius 2 is 1.75 bits per heavy atom. The highest BCUT2D eigenvalue weighted by Gasteiger charge is 2.54. The number of allylic oxidation sites excluding steroid dienone is 1. The first kappa shape index (κ1) is 14.2. The van der Waals surface area contributed by atoms with Gasteiger partial charge in [0.15, 0.2) is 0 Å². The minimum Gasteiger partial charge on any atom is -0.480 e. The Bertz CT molecular complexity index is 732. The number of carboxylic acids is 2. The Morgan fingerprint density at radius 1 is 1.15 bits per heavy atom. The third-order valence-corrected chi connectivity index (χ3v) is 4.70. The van der Waals surface area contributed by atoms with Gasteiger partial charge >= 0.3 is 11.9 Å². The maximum absolute atomic E-state index is 11.6. The van der Waals surface area contributed by atoms with Crippen molar-refractivity contribution >= 4 is 27.6 Å². The molecule has 1 aromatic carbocycles. The first-order valence-corrected chi connectivity index (χ1v) is 6.89. The van der Waals surface area contributed by atoms with E-state index in [0.717, 1.165) is 6.08 Å². The van der Waals surface area contributed by atoms with Gasteiger partial charge in [-0.15, -0.1) is 0 Å². The molecular formula is C12H10O7S. The van der Waals surface area contributed by atoms with Crippen molar-refractivity contribution in [3.8, 4) is 0 Å². The predicted octanol–water partition coefficient (Wildman–Crippen LogP) is 0.726. The first-order valence-electron chi connectivity index (χ1n) is 5.45. The van der Waals surface area contributed by atoms with Gasteiger partial charge in [-0.1, -0.05) is 30.3 Å². The lowest BCUT2D eigenvalue weighted by Gasteiger charge is -2.31. The fourth-order valence-electron chi connectivity index (χ4n) is 2.30. The molecule has 0 radical (unpaired) electrons. The quantitative estimate of drug-likeness (QED) is 0.701. The number of hydrogen-bond acceptors (Lipinski definition) is 4. The van der Waals surface area contributed by atoms with Crippen molar-refractivity contribution in [1.29, 1.82) is 0 Å². The van der Waals surface area contributed by atoms with Crippen LogP contribution < -0.4 is 0 Å². The first-order chi connectivity index (χ1) is 9.22. The Balaban J connectivity index is 2.86. The molecule has 7 nitrogen and oxygen atoms in total. The van der Waals surface area contributed by atoms with Crippen LogP contribution in [0.3, 0.4) is 0 Å². The zero-order valence-corrected chi connectivity index (χ0v) is 10.8. The molecule has 0 aliphatic heterocycles. The van der Waals surface area contributed by atoms with E-state index in [2.05, 4.69) is 0 Å². The van der Waals surface area contributed by atoms with Gasteiger partial charge in [0.05, 0.1) is 5.57 Å². The van der Waals surface area contributed by atoms with Crippen LogP contribution >= 0.6 is 0 Å². The molecule has 1 aliphatic rings. The summed E-state index contributed by atoms with van der Waals surface area (Å²) in [5, 5.41) is 18.3. The van der Waals surface area contributed by atoms with Crippen molar-refractivity contribution in [1.82, 2.24) is 0 Å². The highest BCUT2D eigenvalue weighted by Crippen LogP contribution is 2.43. The van der Waals surface area contributed by atoms with Gasteiger partial charge in [0.1, 0.15) is 0 Å². The summed E-state index contributed by atoms with van der Waals surface area (Å²) in [5.41, 5.74) is -0.484. The fourth-order valence-corrected chi connectivity index (χ4v) is 3.27. The van der Waals surface area contributed by atoms with Gasteiger partial charge in [0, 0.05) is 6.42 Å². The second-order valence-electron chi connectivity index (χ2n) is 4.28. The summed E-state index contributed by atoms with van der Waals surface area (Å²) in [6, 6.07) is 5.33. The summed E-state index contributed by atoms with van der Waals surface area (Å²) in [7, 11) is -4.99. The maximum atomic E-state index is 11.6. The Morgan fingerprint density at radius 3 is 2.25 bits per heavy atom. The van der Waals surface area contributed by atoms with Crippen LogP contribution in [-0.4, -0.2) is 35.1 Å². The summed E-state index contributed by atoms with van der Waals surface area (Å²) in [5.74, 6) is -3.06. The summed E-state index contributed by atoms with van der Waals surface area (Å²) >= 11 is 0. The van der Waals surface area contributed by atoms with Gasteiger partial charge in [0.2, 0.25) is 4.75 Å². The summed E-state index contributed by atoms with van der Waals surface area (Å²) in [6.45, 7) is 0. The Labute approximate surface area is 113 Å². The number of hydrogen-bond donors (Lipinski definition) is 3. The molecule has 0 fully saturated rings. The molecule has 1 unspecified atom stereocenters. The highest BCUT2D eigenvalue weighted by atomic mass is 32.2. The average Bonchev–Trinajstić information content (AvgIpc) is 2.35. The molecule has 1 aliphatic carbocycles. The van der Waals surface area contributed by atoms with Gasteiger partial charge in [-0.25, -0.2) is 4.79 Å². The third kappa shape index (κ3) is 1.81. The van der Waals surface area contributed by atoms with Crippen molar-refractivity contribution in [2.75, 3.05) is 0 Å². The van der Waals surface area contributed by atoms with E-state index in [-0.39, 0.29) is 16.7 Å². The van der Waals surface area contributed by atoms with Crippen LogP contribution in [0.2, 0.25) is 0 Å². The number of benzene rings is 1. The van der Waals surface area contributed by atoms with Gasteiger partial charge in [-0.05, 0) is 11.1 Å². The summed E-state index contributed by atoms with van der Waals surface area (Å²) in [4.78, 5) is 22.6. The molecule has 1 atom stereocenters. The van der Waals surface area contributed by atoms with E-state index in [1.54, 1.807) is 0 Å². The second kappa shape index (κ2) is 4.43. The molecule has 0 amide bonds.